The summed E-state index contributed by atoms with van der Waals surface area (Å²) in [6, 6.07) is 8.21. The van der Waals surface area contributed by atoms with Crippen LogP contribution in [0.4, 0.5) is 0 Å². The van der Waals surface area contributed by atoms with Gasteiger partial charge in [-0.15, -0.1) is 0 Å². The molecule has 3 N–H and O–H groups in total. The first-order valence-corrected chi connectivity index (χ1v) is 9.04. The maximum Gasteiger partial charge on any atom is 0.221 e. The SMILES string of the molecule is CN=C(NCCC(=O)NC1CCCC1)NCCc1ccccc1Cl. The molecule has 1 aliphatic rings. The summed E-state index contributed by atoms with van der Waals surface area (Å²) in [5.74, 6) is 0.816. The van der Waals surface area contributed by atoms with E-state index in [0.717, 1.165) is 36.4 Å². The van der Waals surface area contributed by atoms with Crippen molar-refractivity contribution in [3.63, 3.8) is 0 Å². The van der Waals surface area contributed by atoms with Gasteiger partial charge in [-0.2, -0.15) is 0 Å². The number of halogens is 1. The summed E-state index contributed by atoms with van der Waals surface area (Å²) in [6.07, 6.45) is 5.97. The number of nitrogens with zero attached hydrogens (tertiary/aromatic N) is 1. The van der Waals surface area contributed by atoms with Crippen LogP contribution < -0.4 is 16.0 Å². The van der Waals surface area contributed by atoms with Crippen LogP contribution in [0.3, 0.4) is 0 Å². The molecule has 0 atom stereocenters. The first-order chi connectivity index (χ1) is 11.7. The molecule has 6 heteroatoms. The first-order valence-electron chi connectivity index (χ1n) is 8.66. The highest BCUT2D eigenvalue weighted by Crippen LogP contribution is 2.17. The standard InChI is InChI=1S/C18H27ClN4O/c1-20-18(21-12-10-14-6-2-5-9-16(14)19)22-13-11-17(24)23-15-7-3-4-8-15/h2,5-6,9,15H,3-4,7-8,10-13H2,1H3,(H,23,24)(H2,20,21,22). The number of nitrogens with one attached hydrogen (secondary N) is 3. The molecule has 24 heavy (non-hydrogen) atoms. The fraction of sp³-hybridized carbons (Fsp3) is 0.556. The summed E-state index contributed by atoms with van der Waals surface area (Å²) in [5, 5.41) is 10.3. The van der Waals surface area contributed by atoms with Gasteiger partial charge in [0, 0.05) is 37.6 Å². The molecule has 0 radical (unpaired) electrons. The van der Waals surface area contributed by atoms with Crippen LogP contribution in [0.25, 0.3) is 0 Å². The van der Waals surface area contributed by atoms with Crippen molar-refractivity contribution in [2.45, 2.75) is 44.6 Å². The second-order valence-electron chi connectivity index (χ2n) is 6.07. The van der Waals surface area contributed by atoms with Crippen molar-refractivity contribution in [3.05, 3.63) is 34.9 Å². The average molecular weight is 351 g/mol. The van der Waals surface area contributed by atoms with Gasteiger partial charge < -0.3 is 16.0 Å². The minimum atomic E-state index is 0.112. The van der Waals surface area contributed by atoms with E-state index in [-0.39, 0.29) is 5.91 Å². The van der Waals surface area contributed by atoms with E-state index >= 15 is 0 Å². The highest BCUT2D eigenvalue weighted by atomic mass is 35.5. The molecule has 0 heterocycles. The Hall–Kier alpha value is -1.75. The number of guanidine groups is 1. The average Bonchev–Trinajstić information content (AvgIpc) is 3.08. The Morgan fingerprint density at radius 2 is 1.92 bits per heavy atom. The number of rotatable bonds is 7. The van der Waals surface area contributed by atoms with Gasteiger partial charge in [-0.1, -0.05) is 42.6 Å². The van der Waals surface area contributed by atoms with Crippen molar-refractivity contribution < 1.29 is 4.79 Å². The number of benzene rings is 1. The smallest absolute Gasteiger partial charge is 0.221 e. The van der Waals surface area contributed by atoms with Crippen LogP contribution in [-0.4, -0.2) is 38.0 Å². The number of hydrogen-bond acceptors (Lipinski definition) is 2. The van der Waals surface area contributed by atoms with Gasteiger partial charge in [0.2, 0.25) is 5.91 Å². The second-order valence-corrected chi connectivity index (χ2v) is 6.47. The van der Waals surface area contributed by atoms with Crippen molar-refractivity contribution in [1.82, 2.24) is 16.0 Å². The highest BCUT2D eigenvalue weighted by molar-refractivity contribution is 6.31. The van der Waals surface area contributed by atoms with Crippen LogP contribution >= 0.6 is 11.6 Å². The molecule has 1 aromatic rings. The third-order valence-electron chi connectivity index (χ3n) is 4.23. The van der Waals surface area contributed by atoms with E-state index in [2.05, 4.69) is 20.9 Å². The van der Waals surface area contributed by atoms with Gasteiger partial charge in [0.25, 0.3) is 0 Å². The predicted octanol–water partition coefficient (Wildman–Crippen LogP) is 2.50. The molecule has 2 rings (SSSR count). The van der Waals surface area contributed by atoms with Crippen molar-refractivity contribution in [2.24, 2.45) is 4.99 Å². The van der Waals surface area contributed by atoms with Gasteiger partial charge in [-0.3, -0.25) is 9.79 Å². The molecule has 0 aliphatic heterocycles. The topological polar surface area (TPSA) is 65.5 Å². The van der Waals surface area contributed by atoms with Gasteiger partial charge in [0.1, 0.15) is 0 Å². The third kappa shape index (κ3) is 6.40. The number of amides is 1. The zero-order valence-corrected chi connectivity index (χ0v) is 15.0. The molecule has 0 bridgehead atoms. The summed E-state index contributed by atoms with van der Waals surface area (Å²) >= 11 is 6.14. The first kappa shape index (κ1) is 18.6. The van der Waals surface area contributed by atoms with Crippen LogP contribution in [0.15, 0.2) is 29.3 Å². The van der Waals surface area contributed by atoms with Crippen LogP contribution in [0, 0.1) is 0 Å². The molecule has 1 fully saturated rings. The predicted molar refractivity (Wildman–Crippen MR) is 99.5 cm³/mol. The molecule has 132 valence electrons. The minimum Gasteiger partial charge on any atom is -0.356 e. The van der Waals surface area contributed by atoms with Crippen molar-refractivity contribution in [3.8, 4) is 0 Å². The lowest BCUT2D eigenvalue weighted by Gasteiger charge is -2.14. The van der Waals surface area contributed by atoms with Gasteiger partial charge in [-0.25, -0.2) is 0 Å². The molecule has 0 spiro atoms. The van der Waals surface area contributed by atoms with Crippen LogP contribution in [0.5, 0.6) is 0 Å². The molecule has 0 unspecified atom stereocenters. The quantitative estimate of drug-likeness (QED) is 0.523. The Bertz CT molecular complexity index is 556. The van der Waals surface area contributed by atoms with E-state index in [9.17, 15) is 4.79 Å². The molecule has 1 aromatic carbocycles. The van der Waals surface area contributed by atoms with Crippen LogP contribution in [-0.2, 0) is 11.2 Å². The Kier molecular flexibility index (Phi) is 7.89. The normalized spacial score (nSPS) is 15.3. The summed E-state index contributed by atoms with van der Waals surface area (Å²) < 4.78 is 0. The van der Waals surface area contributed by atoms with E-state index in [4.69, 9.17) is 11.6 Å². The Labute approximate surface area is 149 Å². The van der Waals surface area contributed by atoms with Crippen molar-refractivity contribution in [1.29, 1.82) is 0 Å². The number of carbonyl (C=O) groups is 1. The summed E-state index contributed by atoms with van der Waals surface area (Å²) in [5.41, 5.74) is 1.11. The fourth-order valence-electron chi connectivity index (χ4n) is 2.90. The maximum absolute atomic E-state index is 11.9. The molecule has 5 nitrogen and oxygen atoms in total. The number of carbonyl (C=O) groups excluding carboxylic acids is 1. The van der Waals surface area contributed by atoms with E-state index in [1.807, 2.05) is 24.3 Å². The van der Waals surface area contributed by atoms with Crippen LogP contribution in [0.1, 0.15) is 37.7 Å². The lowest BCUT2D eigenvalue weighted by molar-refractivity contribution is -0.121. The molecule has 0 aromatic heterocycles. The van der Waals surface area contributed by atoms with E-state index < -0.39 is 0 Å². The summed E-state index contributed by atoms with van der Waals surface area (Å²) in [6.45, 7) is 1.31. The maximum atomic E-state index is 11.9. The molecule has 1 amide bonds. The minimum absolute atomic E-state index is 0.112. The Balaban J connectivity index is 1.61. The molecule has 1 saturated carbocycles. The lowest BCUT2D eigenvalue weighted by Crippen LogP contribution is -2.41. The third-order valence-corrected chi connectivity index (χ3v) is 4.60. The van der Waals surface area contributed by atoms with Crippen LogP contribution in [0.2, 0.25) is 5.02 Å². The second kappa shape index (κ2) is 10.2. The van der Waals surface area contributed by atoms with E-state index in [1.54, 1.807) is 7.05 Å². The molecular weight excluding hydrogens is 324 g/mol. The van der Waals surface area contributed by atoms with Gasteiger partial charge >= 0.3 is 0 Å². The largest absolute Gasteiger partial charge is 0.356 e. The Morgan fingerprint density at radius 1 is 1.21 bits per heavy atom. The summed E-state index contributed by atoms with van der Waals surface area (Å²) in [7, 11) is 1.73. The van der Waals surface area contributed by atoms with Gasteiger partial charge in [-0.05, 0) is 30.9 Å². The molecule has 0 saturated heterocycles. The fourth-order valence-corrected chi connectivity index (χ4v) is 3.13. The lowest BCUT2D eigenvalue weighted by atomic mass is 10.1. The van der Waals surface area contributed by atoms with Crippen molar-refractivity contribution >= 4 is 23.5 Å². The molecule has 1 aliphatic carbocycles. The van der Waals surface area contributed by atoms with Gasteiger partial charge in [0.05, 0.1) is 0 Å². The zero-order chi connectivity index (χ0) is 17.2. The number of hydrogen-bond donors (Lipinski definition) is 3. The monoisotopic (exact) mass is 350 g/mol. The molecular formula is C18H27ClN4O. The summed E-state index contributed by atoms with van der Waals surface area (Å²) in [4.78, 5) is 16.1. The van der Waals surface area contributed by atoms with E-state index in [0.29, 0.717) is 25.0 Å². The Morgan fingerprint density at radius 3 is 2.62 bits per heavy atom. The van der Waals surface area contributed by atoms with Gasteiger partial charge in [0.15, 0.2) is 5.96 Å². The highest BCUT2D eigenvalue weighted by Gasteiger charge is 2.16. The zero-order valence-electron chi connectivity index (χ0n) is 14.3. The van der Waals surface area contributed by atoms with E-state index in [1.165, 1.54) is 12.8 Å². The van der Waals surface area contributed by atoms with Crippen molar-refractivity contribution in [2.75, 3.05) is 20.1 Å². The number of aliphatic imine (C=N–C) groups is 1.